The van der Waals surface area contributed by atoms with Gasteiger partial charge in [0.25, 0.3) is 0 Å². The fourth-order valence-electron chi connectivity index (χ4n) is 8.76. The van der Waals surface area contributed by atoms with Gasteiger partial charge in [0.2, 0.25) is 5.91 Å². The van der Waals surface area contributed by atoms with E-state index in [9.17, 15) is 4.79 Å². The molecule has 2 atom stereocenters. The number of carbonyl (C=O) groups excluding carboxylic acids is 1. The Hall–Kier alpha value is -3.89. The Bertz CT molecular complexity index is 1530. The van der Waals surface area contributed by atoms with Crippen LogP contribution in [0.2, 0.25) is 0 Å². The maximum absolute atomic E-state index is 12.9. The molecule has 0 saturated carbocycles. The molecule has 1 spiro atoms. The molecule has 4 aromatic carbocycles. The van der Waals surface area contributed by atoms with Gasteiger partial charge in [0.1, 0.15) is 5.75 Å². The lowest BCUT2D eigenvalue weighted by Gasteiger charge is -2.44. The van der Waals surface area contributed by atoms with Crippen molar-refractivity contribution < 1.29 is 9.53 Å². The Labute approximate surface area is 288 Å². The van der Waals surface area contributed by atoms with Crippen molar-refractivity contribution in [2.75, 3.05) is 20.2 Å². The van der Waals surface area contributed by atoms with Gasteiger partial charge in [-0.15, -0.1) is 0 Å². The summed E-state index contributed by atoms with van der Waals surface area (Å²) in [7, 11) is 1.67. The predicted octanol–water partition coefficient (Wildman–Crippen LogP) is 9.00. The molecule has 1 aliphatic carbocycles. The summed E-state index contributed by atoms with van der Waals surface area (Å²) in [6.07, 6.45) is 14.3. The summed E-state index contributed by atoms with van der Waals surface area (Å²) in [6.45, 7) is 1.82. The molecule has 4 aromatic rings. The van der Waals surface area contributed by atoms with E-state index in [0.717, 1.165) is 43.5 Å². The van der Waals surface area contributed by atoms with Crippen LogP contribution < -0.4 is 15.4 Å². The topological polar surface area (TPSA) is 50.4 Å². The average molecular weight is 643 g/mol. The van der Waals surface area contributed by atoms with E-state index in [1.54, 1.807) is 18.2 Å². The van der Waals surface area contributed by atoms with Crippen molar-refractivity contribution >= 4 is 5.91 Å². The zero-order chi connectivity index (χ0) is 33.1. The molecule has 2 N–H and O–H groups in total. The number of amides is 1. The maximum atomic E-state index is 12.9. The molecule has 48 heavy (non-hydrogen) atoms. The minimum atomic E-state index is -0.104. The molecular formula is C44H54N2O2. The van der Waals surface area contributed by atoms with Crippen molar-refractivity contribution in [3.63, 3.8) is 0 Å². The van der Waals surface area contributed by atoms with Gasteiger partial charge in [0.15, 0.2) is 0 Å². The second-order valence-electron chi connectivity index (χ2n) is 14.3. The molecule has 1 heterocycles. The van der Waals surface area contributed by atoms with Gasteiger partial charge in [-0.3, -0.25) is 4.79 Å². The summed E-state index contributed by atoms with van der Waals surface area (Å²) in [4.78, 5) is 12.9. The molecule has 2 unspecified atom stereocenters. The molecule has 0 radical (unpaired) electrons. The lowest BCUT2D eigenvalue weighted by Crippen LogP contribution is -2.47. The highest BCUT2D eigenvalue weighted by Crippen LogP contribution is 2.46. The first-order valence-corrected chi connectivity index (χ1v) is 18.4. The number of hydrogen-bond donors (Lipinski definition) is 2. The van der Waals surface area contributed by atoms with Crippen LogP contribution in [0.5, 0.6) is 5.75 Å². The molecule has 0 bridgehead atoms. The fraction of sp³-hybridized carbons (Fsp3) is 0.432. The van der Waals surface area contributed by atoms with Crippen molar-refractivity contribution in [2.24, 2.45) is 5.41 Å². The van der Waals surface area contributed by atoms with Crippen molar-refractivity contribution in [3.05, 3.63) is 137 Å². The van der Waals surface area contributed by atoms with E-state index in [0.29, 0.717) is 24.4 Å². The van der Waals surface area contributed by atoms with Gasteiger partial charge < -0.3 is 15.4 Å². The number of aryl methyl sites for hydroxylation is 2. The summed E-state index contributed by atoms with van der Waals surface area (Å²) in [6, 6.07) is 40.0. The molecule has 1 aliphatic heterocycles. The molecule has 252 valence electrons. The molecule has 1 fully saturated rings. The van der Waals surface area contributed by atoms with Crippen LogP contribution in [-0.4, -0.2) is 32.1 Å². The third-order valence-electron chi connectivity index (χ3n) is 11.4. The van der Waals surface area contributed by atoms with Crippen LogP contribution in [0.15, 0.2) is 109 Å². The van der Waals surface area contributed by atoms with E-state index in [1.807, 2.05) is 24.3 Å². The fourth-order valence-corrected chi connectivity index (χ4v) is 8.76. The van der Waals surface area contributed by atoms with Gasteiger partial charge in [-0.25, -0.2) is 0 Å². The monoisotopic (exact) mass is 642 g/mol. The van der Waals surface area contributed by atoms with Crippen LogP contribution in [0.4, 0.5) is 0 Å². The predicted molar refractivity (Wildman–Crippen MR) is 198 cm³/mol. The summed E-state index contributed by atoms with van der Waals surface area (Å²) in [5, 5.41) is 7.32. The van der Waals surface area contributed by atoms with Crippen molar-refractivity contribution in [2.45, 2.75) is 94.9 Å². The molecule has 1 amide bonds. The minimum absolute atomic E-state index is 0.104. The lowest BCUT2D eigenvalue weighted by molar-refractivity contribution is -0.121. The first kappa shape index (κ1) is 34.0. The van der Waals surface area contributed by atoms with Gasteiger partial charge in [-0.2, -0.15) is 0 Å². The third-order valence-corrected chi connectivity index (χ3v) is 11.4. The van der Waals surface area contributed by atoms with Crippen LogP contribution in [0.25, 0.3) is 0 Å². The number of carbonyl (C=O) groups is 1. The number of methoxy groups -OCH3 is 1. The Balaban J connectivity index is 1.14. The van der Waals surface area contributed by atoms with Gasteiger partial charge in [0.05, 0.1) is 7.11 Å². The van der Waals surface area contributed by atoms with E-state index in [2.05, 4.69) is 95.6 Å². The maximum Gasteiger partial charge on any atom is 0.220 e. The van der Waals surface area contributed by atoms with Gasteiger partial charge >= 0.3 is 0 Å². The second kappa shape index (κ2) is 16.5. The molecule has 4 heteroatoms. The lowest BCUT2D eigenvalue weighted by atomic mass is 9.63. The van der Waals surface area contributed by atoms with Crippen molar-refractivity contribution in [1.82, 2.24) is 10.6 Å². The number of ether oxygens (including phenoxy) is 1. The number of nitrogens with one attached hydrogen (secondary N) is 2. The quantitative estimate of drug-likeness (QED) is 0.135. The van der Waals surface area contributed by atoms with Crippen LogP contribution >= 0.6 is 0 Å². The molecule has 4 nitrogen and oxygen atoms in total. The average Bonchev–Trinajstić information content (AvgIpc) is 3.34. The summed E-state index contributed by atoms with van der Waals surface area (Å²) < 4.78 is 5.27. The van der Waals surface area contributed by atoms with E-state index >= 15 is 0 Å². The molecule has 2 aliphatic rings. The highest BCUT2D eigenvalue weighted by Gasteiger charge is 2.42. The zero-order valence-corrected chi connectivity index (χ0v) is 28.9. The number of fused-ring (bicyclic) bond motifs is 1. The Morgan fingerprint density at radius 1 is 0.812 bits per heavy atom. The van der Waals surface area contributed by atoms with Gasteiger partial charge in [-0.1, -0.05) is 110 Å². The first-order chi connectivity index (χ1) is 23.6. The van der Waals surface area contributed by atoms with Gasteiger partial charge in [-0.05, 0) is 116 Å². The smallest absolute Gasteiger partial charge is 0.220 e. The normalized spacial score (nSPS) is 19.3. The number of rotatable bonds is 14. The standard InChI is InChI=1S/C44H54N2O2/c1-48-40-24-21-35(22-25-40)23-26-42(47)46-33-13-30-44(38-16-4-2-5-17-38,39-18-6-3-7-19-39)29-12-20-41-43(28-10-11-32-45-41)31-27-36-14-8-9-15-37(36)34-43/h2-9,14-19,21-22,24-25,41,45H,10-13,20,23,26-34H2,1H3,(H,46,47). The Kier molecular flexibility index (Phi) is 11.7. The van der Waals surface area contributed by atoms with Crippen LogP contribution in [0.1, 0.15) is 92.0 Å². The first-order valence-electron chi connectivity index (χ1n) is 18.4. The third kappa shape index (κ3) is 8.21. The minimum Gasteiger partial charge on any atom is -0.497 e. The van der Waals surface area contributed by atoms with E-state index < -0.39 is 0 Å². The number of hydrogen-bond acceptors (Lipinski definition) is 3. The zero-order valence-electron chi connectivity index (χ0n) is 28.9. The summed E-state index contributed by atoms with van der Waals surface area (Å²) in [5.74, 6) is 0.961. The molecular weight excluding hydrogens is 588 g/mol. The van der Waals surface area contributed by atoms with E-state index in [1.165, 1.54) is 62.5 Å². The van der Waals surface area contributed by atoms with Crippen molar-refractivity contribution in [1.29, 1.82) is 0 Å². The van der Waals surface area contributed by atoms with E-state index in [-0.39, 0.29) is 11.3 Å². The van der Waals surface area contributed by atoms with Crippen LogP contribution in [0.3, 0.4) is 0 Å². The Morgan fingerprint density at radius 3 is 2.19 bits per heavy atom. The highest BCUT2D eigenvalue weighted by molar-refractivity contribution is 5.76. The number of benzene rings is 4. The second-order valence-corrected chi connectivity index (χ2v) is 14.3. The SMILES string of the molecule is COc1ccc(CCC(=O)NCCCC(CCCC2NCCCCC23CCc2ccccc2C3)(c2ccccc2)c2ccccc2)cc1. The molecule has 6 rings (SSSR count). The molecule has 1 saturated heterocycles. The van der Waals surface area contributed by atoms with Crippen LogP contribution in [0, 0.1) is 5.41 Å². The summed E-state index contributed by atoms with van der Waals surface area (Å²) >= 11 is 0. The molecule has 0 aromatic heterocycles. The largest absolute Gasteiger partial charge is 0.497 e. The van der Waals surface area contributed by atoms with Gasteiger partial charge in [0, 0.05) is 24.4 Å². The Morgan fingerprint density at radius 2 is 1.48 bits per heavy atom. The summed E-state index contributed by atoms with van der Waals surface area (Å²) in [5.41, 5.74) is 7.31. The van der Waals surface area contributed by atoms with Crippen LogP contribution in [-0.2, 0) is 29.5 Å². The van der Waals surface area contributed by atoms with Crippen molar-refractivity contribution in [3.8, 4) is 5.75 Å². The van der Waals surface area contributed by atoms with E-state index in [4.69, 9.17) is 4.74 Å². The highest BCUT2D eigenvalue weighted by atomic mass is 16.5.